The minimum absolute atomic E-state index is 0. The maximum atomic E-state index is 9.44. The average molecular weight is 536 g/mol. The molecule has 3 rings (SSSR count). The van der Waals surface area contributed by atoms with Gasteiger partial charge in [-0.25, -0.2) is 0 Å². The van der Waals surface area contributed by atoms with Crippen molar-refractivity contribution in [1.82, 2.24) is 10.6 Å². The highest BCUT2D eigenvalue weighted by Gasteiger charge is 2.36. The van der Waals surface area contributed by atoms with Gasteiger partial charge in [-0.15, -0.1) is 24.0 Å². The summed E-state index contributed by atoms with van der Waals surface area (Å²) in [5, 5.41) is 17.2. The van der Waals surface area contributed by atoms with Crippen LogP contribution in [0.3, 0.4) is 0 Å². The van der Waals surface area contributed by atoms with Crippen molar-refractivity contribution >= 4 is 41.5 Å². The molecule has 1 unspecified atom stereocenters. The van der Waals surface area contributed by atoms with Gasteiger partial charge in [-0.2, -0.15) is 0 Å². The Morgan fingerprint density at radius 3 is 2.66 bits per heavy atom. The maximum absolute atomic E-state index is 9.44. The van der Waals surface area contributed by atoms with Gasteiger partial charge in [0, 0.05) is 42.2 Å². The third kappa shape index (κ3) is 6.45. The lowest BCUT2D eigenvalue weighted by molar-refractivity contribution is 0.131. The van der Waals surface area contributed by atoms with E-state index in [9.17, 15) is 5.11 Å². The first-order chi connectivity index (χ1) is 13.6. The normalized spacial score (nSPS) is 23.6. The lowest BCUT2D eigenvalue weighted by Gasteiger charge is -2.31. The second kappa shape index (κ2) is 11.7. The molecule has 29 heavy (non-hydrogen) atoms. The zero-order chi connectivity index (χ0) is 19.9. The molecule has 1 aromatic rings. The van der Waals surface area contributed by atoms with Gasteiger partial charge in [0.05, 0.1) is 13.2 Å². The summed E-state index contributed by atoms with van der Waals surface area (Å²) in [6.45, 7) is 6.05. The van der Waals surface area contributed by atoms with E-state index < -0.39 is 0 Å². The number of aliphatic hydroxyl groups is 1. The van der Waals surface area contributed by atoms with E-state index in [4.69, 9.17) is 21.3 Å². The molecule has 0 amide bonds. The molecular formula is C22H35ClIN3O2. The number of rotatable bonds is 8. The van der Waals surface area contributed by atoms with Gasteiger partial charge >= 0.3 is 0 Å². The molecule has 1 atom stereocenters. The Kier molecular flexibility index (Phi) is 9.98. The highest BCUT2D eigenvalue weighted by molar-refractivity contribution is 14.0. The van der Waals surface area contributed by atoms with Crippen molar-refractivity contribution in [3.05, 3.63) is 34.9 Å². The van der Waals surface area contributed by atoms with E-state index in [1.165, 1.54) is 31.2 Å². The van der Waals surface area contributed by atoms with Crippen LogP contribution in [-0.2, 0) is 10.2 Å². The predicted molar refractivity (Wildman–Crippen MR) is 131 cm³/mol. The lowest BCUT2D eigenvalue weighted by atomic mass is 9.79. The third-order valence-corrected chi connectivity index (χ3v) is 6.57. The fourth-order valence-electron chi connectivity index (χ4n) is 4.57. The van der Waals surface area contributed by atoms with Crippen LogP contribution in [0.1, 0.15) is 51.0 Å². The molecule has 1 aliphatic carbocycles. The van der Waals surface area contributed by atoms with Gasteiger partial charge in [0.1, 0.15) is 0 Å². The first-order valence-electron chi connectivity index (χ1n) is 10.6. The zero-order valence-corrected chi connectivity index (χ0v) is 20.5. The Bertz CT molecular complexity index is 659. The number of benzene rings is 1. The van der Waals surface area contributed by atoms with Crippen LogP contribution in [0.2, 0.25) is 5.02 Å². The molecule has 5 nitrogen and oxygen atoms in total. The van der Waals surface area contributed by atoms with Crippen molar-refractivity contribution < 1.29 is 9.84 Å². The van der Waals surface area contributed by atoms with Crippen molar-refractivity contribution in [1.29, 1.82) is 0 Å². The summed E-state index contributed by atoms with van der Waals surface area (Å²) in [5.74, 6) is 0.847. The molecule has 1 saturated heterocycles. The smallest absolute Gasteiger partial charge is 0.191 e. The summed E-state index contributed by atoms with van der Waals surface area (Å²) in [6, 6.07) is 8.31. The standard InChI is InChI=1S/C22H34ClN3O2.HI/c1-2-24-20(25-15-21(10-12-27)11-13-28-17-21)26-16-22(8-3-4-9-22)18-6-5-7-19(23)14-18;/h5-7,14,27H,2-4,8-13,15-17H2,1H3,(H2,24,25,26);1H. The van der Waals surface area contributed by atoms with Crippen LogP contribution in [0, 0.1) is 5.41 Å². The monoisotopic (exact) mass is 535 g/mol. The van der Waals surface area contributed by atoms with Crippen molar-refractivity contribution in [3.63, 3.8) is 0 Å². The quantitative estimate of drug-likeness (QED) is 0.266. The maximum Gasteiger partial charge on any atom is 0.191 e. The van der Waals surface area contributed by atoms with E-state index in [1.54, 1.807) is 0 Å². The van der Waals surface area contributed by atoms with E-state index in [-0.39, 0.29) is 41.4 Å². The van der Waals surface area contributed by atoms with E-state index in [0.29, 0.717) is 13.2 Å². The van der Waals surface area contributed by atoms with E-state index >= 15 is 0 Å². The minimum atomic E-state index is -0.0326. The topological polar surface area (TPSA) is 65.9 Å². The van der Waals surface area contributed by atoms with Crippen LogP contribution in [0.4, 0.5) is 0 Å². The summed E-state index contributed by atoms with van der Waals surface area (Å²) >= 11 is 6.28. The van der Waals surface area contributed by atoms with E-state index in [1.807, 2.05) is 6.07 Å². The Hall–Kier alpha value is -0.570. The lowest BCUT2D eigenvalue weighted by Crippen LogP contribution is -2.45. The number of nitrogens with one attached hydrogen (secondary N) is 2. The second-order valence-corrected chi connectivity index (χ2v) is 8.76. The van der Waals surface area contributed by atoms with Gasteiger partial charge < -0.3 is 20.5 Å². The molecule has 1 heterocycles. The van der Waals surface area contributed by atoms with E-state index in [0.717, 1.165) is 43.5 Å². The van der Waals surface area contributed by atoms with E-state index in [2.05, 4.69) is 35.8 Å². The summed E-state index contributed by atoms with van der Waals surface area (Å²) in [7, 11) is 0. The first-order valence-corrected chi connectivity index (χ1v) is 11.0. The molecule has 1 aliphatic heterocycles. The number of halogens is 2. The second-order valence-electron chi connectivity index (χ2n) is 8.32. The fraction of sp³-hybridized carbons (Fsp3) is 0.682. The Labute approximate surface area is 197 Å². The van der Waals surface area contributed by atoms with Gasteiger partial charge in [-0.05, 0) is 50.3 Å². The molecule has 0 radical (unpaired) electrons. The SMILES string of the molecule is CCNC(=NCC1(CCO)CCOC1)NCC1(c2cccc(Cl)c2)CCCC1.I. The summed E-state index contributed by atoms with van der Waals surface area (Å²) in [4.78, 5) is 4.87. The third-order valence-electron chi connectivity index (χ3n) is 6.34. The number of hydrogen-bond donors (Lipinski definition) is 3. The summed E-state index contributed by atoms with van der Waals surface area (Å²) < 4.78 is 5.60. The number of nitrogens with zero attached hydrogens (tertiary/aromatic N) is 1. The average Bonchev–Trinajstić information content (AvgIpc) is 3.35. The minimum Gasteiger partial charge on any atom is -0.396 e. The molecule has 0 bridgehead atoms. The number of aliphatic imine (C=N–C) groups is 1. The fourth-order valence-corrected chi connectivity index (χ4v) is 4.76. The molecule has 1 saturated carbocycles. The van der Waals surface area contributed by atoms with Crippen LogP contribution in [0.25, 0.3) is 0 Å². The van der Waals surface area contributed by atoms with Crippen molar-refractivity contribution in [2.24, 2.45) is 10.4 Å². The molecule has 1 aromatic carbocycles. The first kappa shape index (κ1) is 24.7. The highest BCUT2D eigenvalue weighted by atomic mass is 127. The van der Waals surface area contributed by atoms with Crippen molar-refractivity contribution in [2.75, 3.05) is 39.5 Å². The van der Waals surface area contributed by atoms with Crippen molar-refractivity contribution in [3.8, 4) is 0 Å². The van der Waals surface area contributed by atoms with Gasteiger partial charge in [0.2, 0.25) is 0 Å². The van der Waals surface area contributed by atoms with Gasteiger partial charge in [-0.3, -0.25) is 4.99 Å². The Morgan fingerprint density at radius 1 is 1.24 bits per heavy atom. The Balaban J connectivity index is 0.00000300. The Morgan fingerprint density at radius 2 is 2.03 bits per heavy atom. The van der Waals surface area contributed by atoms with Gasteiger partial charge in [-0.1, -0.05) is 36.6 Å². The molecule has 2 fully saturated rings. The van der Waals surface area contributed by atoms with Crippen LogP contribution >= 0.6 is 35.6 Å². The summed E-state index contributed by atoms with van der Waals surface area (Å²) in [6.07, 6.45) is 6.53. The van der Waals surface area contributed by atoms with Gasteiger partial charge in [0.25, 0.3) is 0 Å². The van der Waals surface area contributed by atoms with Gasteiger partial charge in [0.15, 0.2) is 5.96 Å². The molecule has 3 N–H and O–H groups in total. The molecule has 7 heteroatoms. The highest BCUT2D eigenvalue weighted by Crippen LogP contribution is 2.41. The number of aliphatic hydroxyl groups excluding tert-OH is 1. The predicted octanol–water partition coefficient (Wildman–Crippen LogP) is 4.11. The number of hydrogen-bond acceptors (Lipinski definition) is 3. The zero-order valence-electron chi connectivity index (χ0n) is 17.4. The number of ether oxygens (including phenoxy) is 1. The van der Waals surface area contributed by atoms with Crippen LogP contribution in [0.15, 0.2) is 29.3 Å². The van der Waals surface area contributed by atoms with Crippen LogP contribution in [0.5, 0.6) is 0 Å². The molecule has 0 aromatic heterocycles. The summed E-state index contributed by atoms with van der Waals surface area (Å²) in [5.41, 5.74) is 1.40. The van der Waals surface area contributed by atoms with Crippen LogP contribution in [-0.4, -0.2) is 50.5 Å². The molecule has 0 spiro atoms. The molecule has 164 valence electrons. The molecular weight excluding hydrogens is 501 g/mol. The largest absolute Gasteiger partial charge is 0.396 e. The number of guanidine groups is 1. The van der Waals surface area contributed by atoms with Crippen molar-refractivity contribution in [2.45, 2.75) is 50.9 Å². The molecule has 2 aliphatic rings. The van der Waals surface area contributed by atoms with Crippen LogP contribution < -0.4 is 10.6 Å².